The van der Waals surface area contributed by atoms with Gasteiger partial charge in [0.05, 0.1) is 6.42 Å². The monoisotopic (exact) mass is 194 g/mol. The van der Waals surface area contributed by atoms with E-state index in [0.29, 0.717) is 13.0 Å². The number of pyridine rings is 1. The Labute approximate surface area is 82.8 Å². The van der Waals surface area contributed by atoms with Gasteiger partial charge in [0.15, 0.2) is 0 Å². The zero-order chi connectivity index (χ0) is 10.4. The van der Waals surface area contributed by atoms with Crippen molar-refractivity contribution in [3.8, 4) is 0 Å². The number of nitrogens with zero attached hydrogens (tertiary/aromatic N) is 1. The van der Waals surface area contributed by atoms with Crippen LogP contribution in [0, 0.1) is 0 Å². The van der Waals surface area contributed by atoms with E-state index in [4.69, 9.17) is 10.8 Å². The fourth-order valence-electron chi connectivity index (χ4n) is 1.19. The largest absolute Gasteiger partial charge is 0.481 e. The van der Waals surface area contributed by atoms with Gasteiger partial charge < -0.3 is 10.8 Å². The summed E-state index contributed by atoms with van der Waals surface area (Å²) in [7, 11) is 0. The molecular weight excluding hydrogens is 180 g/mol. The van der Waals surface area contributed by atoms with Crippen LogP contribution in [-0.2, 0) is 17.6 Å². The Morgan fingerprint density at radius 1 is 1.36 bits per heavy atom. The minimum Gasteiger partial charge on any atom is -0.481 e. The van der Waals surface area contributed by atoms with E-state index >= 15 is 0 Å². The van der Waals surface area contributed by atoms with Crippen molar-refractivity contribution in [1.82, 2.24) is 4.98 Å². The summed E-state index contributed by atoms with van der Waals surface area (Å²) in [5, 5.41) is 8.50. The van der Waals surface area contributed by atoms with Gasteiger partial charge in [-0.25, -0.2) is 0 Å². The summed E-state index contributed by atoms with van der Waals surface area (Å²) in [6, 6.07) is 5.62. The lowest BCUT2D eigenvalue weighted by atomic mass is 10.2. The van der Waals surface area contributed by atoms with Crippen LogP contribution < -0.4 is 5.73 Å². The summed E-state index contributed by atoms with van der Waals surface area (Å²) in [5.74, 6) is -0.795. The van der Waals surface area contributed by atoms with Crippen molar-refractivity contribution in [3.63, 3.8) is 0 Å². The quantitative estimate of drug-likeness (QED) is 0.719. The molecule has 76 valence electrons. The number of aliphatic carboxylic acids is 1. The van der Waals surface area contributed by atoms with Gasteiger partial charge in [-0.15, -0.1) is 0 Å². The average molecular weight is 194 g/mol. The Balaban J connectivity index is 2.58. The average Bonchev–Trinajstić information content (AvgIpc) is 2.16. The Morgan fingerprint density at radius 2 is 2.00 bits per heavy atom. The minimum absolute atomic E-state index is 0.124. The number of aryl methyl sites for hydroxylation is 1. The Hall–Kier alpha value is -1.42. The minimum atomic E-state index is -0.795. The first kappa shape index (κ1) is 10.7. The highest BCUT2D eigenvalue weighted by atomic mass is 16.4. The summed E-state index contributed by atoms with van der Waals surface area (Å²) in [5.41, 5.74) is 7.14. The molecule has 4 nitrogen and oxygen atoms in total. The highest BCUT2D eigenvalue weighted by Gasteiger charge is 2.01. The second-order valence-electron chi connectivity index (χ2n) is 3.05. The highest BCUT2D eigenvalue weighted by molar-refractivity contribution is 5.66. The summed E-state index contributed by atoms with van der Waals surface area (Å²) in [4.78, 5) is 14.6. The number of carboxylic acids is 1. The van der Waals surface area contributed by atoms with E-state index < -0.39 is 5.97 Å². The molecule has 4 heteroatoms. The van der Waals surface area contributed by atoms with E-state index in [2.05, 4.69) is 4.98 Å². The van der Waals surface area contributed by atoms with Crippen LogP contribution in [0.4, 0.5) is 0 Å². The molecule has 0 saturated heterocycles. The molecule has 0 bridgehead atoms. The zero-order valence-electron chi connectivity index (χ0n) is 7.94. The van der Waals surface area contributed by atoms with E-state index in [9.17, 15) is 4.79 Å². The van der Waals surface area contributed by atoms with Crippen LogP contribution in [-0.4, -0.2) is 22.6 Å². The van der Waals surface area contributed by atoms with Crippen LogP contribution >= 0.6 is 0 Å². The number of aromatic nitrogens is 1. The normalized spacial score (nSPS) is 10.1. The number of carboxylic acid groups (broad SMARTS) is 1. The lowest BCUT2D eigenvalue weighted by molar-refractivity contribution is -0.136. The van der Waals surface area contributed by atoms with Gasteiger partial charge >= 0.3 is 5.97 Å². The number of carbonyl (C=O) groups is 1. The molecular formula is C10H14N2O2. The number of hydrogen-bond acceptors (Lipinski definition) is 3. The third kappa shape index (κ3) is 3.53. The molecule has 1 aromatic heterocycles. The lowest BCUT2D eigenvalue weighted by Crippen LogP contribution is -2.06. The van der Waals surface area contributed by atoms with E-state index in [1.807, 2.05) is 18.2 Å². The molecule has 0 unspecified atom stereocenters. The maximum atomic E-state index is 10.3. The van der Waals surface area contributed by atoms with E-state index in [0.717, 1.165) is 17.8 Å². The fraction of sp³-hybridized carbons (Fsp3) is 0.400. The summed E-state index contributed by atoms with van der Waals surface area (Å²) in [6.45, 7) is 0.565. The van der Waals surface area contributed by atoms with Crippen LogP contribution in [0.1, 0.15) is 17.8 Å². The van der Waals surface area contributed by atoms with Crippen molar-refractivity contribution in [3.05, 3.63) is 29.6 Å². The van der Waals surface area contributed by atoms with E-state index in [1.165, 1.54) is 0 Å². The SMILES string of the molecule is NCCc1cccc(CCC(=O)O)n1. The highest BCUT2D eigenvalue weighted by Crippen LogP contribution is 2.02. The van der Waals surface area contributed by atoms with Gasteiger partial charge in [0.25, 0.3) is 0 Å². The summed E-state index contributed by atoms with van der Waals surface area (Å²) in [6.07, 6.45) is 1.34. The van der Waals surface area contributed by atoms with Crippen LogP contribution in [0.2, 0.25) is 0 Å². The molecule has 0 fully saturated rings. The van der Waals surface area contributed by atoms with Crippen molar-refractivity contribution in [2.24, 2.45) is 5.73 Å². The topological polar surface area (TPSA) is 76.2 Å². The molecule has 0 radical (unpaired) electrons. The van der Waals surface area contributed by atoms with Crippen molar-refractivity contribution < 1.29 is 9.90 Å². The number of hydrogen-bond donors (Lipinski definition) is 2. The van der Waals surface area contributed by atoms with Gasteiger partial charge in [-0.3, -0.25) is 9.78 Å². The van der Waals surface area contributed by atoms with Gasteiger partial charge in [0.1, 0.15) is 0 Å². The van der Waals surface area contributed by atoms with Crippen molar-refractivity contribution in [1.29, 1.82) is 0 Å². The maximum absolute atomic E-state index is 10.3. The summed E-state index contributed by atoms with van der Waals surface area (Å²) < 4.78 is 0. The molecule has 3 N–H and O–H groups in total. The predicted octanol–water partition coefficient (Wildman–Crippen LogP) is 0.600. The molecule has 0 aliphatic rings. The van der Waals surface area contributed by atoms with Crippen molar-refractivity contribution in [2.45, 2.75) is 19.3 Å². The molecule has 0 aliphatic carbocycles. The lowest BCUT2D eigenvalue weighted by Gasteiger charge is -2.01. The smallest absolute Gasteiger partial charge is 0.303 e. The van der Waals surface area contributed by atoms with Crippen LogP contribution in [0.15, 0.2) is 18.2 Å². The second-order valence-corrected chi connectivity index (χ2v) is 3.05. The van der Waals surface area contributed by atoms with Crippen LogP contribution in [0.3, 0.4) is 0 Å². The van der Waals surface area contributed by atoms with Gasteiger partial charge in [-0.05, 0) is 18.7 Å². The molecule has 1 heterocycles. The molecule has 1 aromatic rings. The Morgan fingerprint density at radius 3 is 2.57 bits per heavy atom. The van der Waals surface area contributed by atoms with Gasteiger partial charge in [0.2, 0.25) is 0 Å². The first-order chi connectivity index (χ1) is 6.72. The third-order valence-electron chi connectivity index (χ3n) is 1.86. The molecule has 0 aromatic carbocycles. The van der Waals surface area contributed by atoms with Crippen molar-refractivity contribution >= 4 is 5.97 Å². The van der Waals surface area contributed by atoms with Crippen LogP contribution in [0.5, 0.6) is 0 Å². The number of rotatable bonds is 5. The van der Waals surface area contributed by atoms with Gasteiger partial charge in [0, 0.05) is 24.2 Å². The summed E-state index contributed by atoms with van der Waals surface area (Å²) >= 11 is 0. The first-order valence-electron chi connectivity index (χ1n) is 4.59. The van der Waals surface area contributed by atoms with E-state index in [1.54, 1.807) is 0 Å². The molecule has 0 atom stereocenters. The van der Waals surface area contributed by atoms with Crippen LogP contribution in [0.25, 0.3) is 0 Å². The standard InChI is InChI=1S/C10H14N2O2/c11-7-6-9-3-1-2-8(12-9)4-5-10(13)14/h1-3H,4-7,11H2,(H,13,14). The van der Waals surface area contributed by atoms with Crippen molar-refractivity contribution in [2.75, 3.05) is 6.54 Å². The molecule has 0 spiro atoms. The maximum Gasteiger partial charge on any atom is 0.303 e. The number of nitrogens with two attached hydrogens (primary N) is 1. The van der Waals surface area contributed by atoms with Gasteiger partial charge in [-0.2, -0.15) is 0 Å². The molecule has 14 heavy (non-hydrogen) atoms. The molecule has 0 amide bonds. The van der Waals surface area contributed by atoms with Gasteiger partial charge in [-0.1, -0.05) is 6.07 Å². The Bertz CT molecular complexity index is 313. The molecule has 0 aliphatic heterocycles. The molecule has 1 rings (SSSR count). The fourth-order valence-corrected chi connectivity index (χ4v) is 1.19. The predicted molar refractivity (Wildman–Crippen MR) is 53.0 cm³/mol. The first-order valence-corrected chi connectivity index (χ1v) is 4.59. The zero-order valence-corrected chi connectivity index (χ0v) is 7.94. The third-order valence-corrected chi connectivity index (χ3v) is 1.86. The molecule has 0 saturated carbocycles. The second kappa shape index (κ2) is 5.34. The Kier molecular flexibility index (Phi) is 4.07. The van der Waals surface area contributed by atoms with E-state index in [-0.39, 0.29) is 6.42 Å².